The van der Waals surface area contributed by atoms with E-state index >= 15 is 0 Å². The molecule has 0 bridgehead atoms. The van der Waals surface area contributed by atoms with E-state index in [4.69, 9.17) is 0 Å². The Balaban J connectivity index is 1.69. The number of pyridine rings is 1. The van der Waals surface area contributed by atoms with E-state index in [-0.39, 0.29) is 11.7 Å². The van der Waals surface area contributed by atoms with Gasteiger partial charge in [0.1, 0.15) is 5.82 Å². The summed E-state index contributed by atoms with van der Waals surface area (Å²) in [6.45, 7) is 10.6. The van der Waals surface area contributed by atoms with E-state index in [0.29, 0.717) is 6.04 Å². The van der Waals surface area contributed by atoms with Gasteiger partial charge in [0.05, 0.1) is 5.69 Å². The van der Waals surface area contributed by atoms with E-state index < -0.39 is 0 Å². The molecule has 1 aliphatic heterocycles. The van der Waals surface area contributed by atoms with Gasteiger partial charge in [-0.2, -0.15) is 0 Å². The molecule has 0 aromatic carbocycles. The van der Waals surface area contributed by atoms with Crippen LogP contribution in [0.15, 0.2) is 12.3 Å². The molecular weight excluding hydrogens is 340 g/mol. The first-order valence-corrected chi connectivity index (χ1v) is 9.36. The third-order valence-electron chi connectivity index (χ3n) is 5.16. The molecule has 144 valence electrons. The number of aryl methyl sites for hydroxylation is 3. The molecule has 1 fully saturated rings. The Kier molecular flexibility index (Phi) is 5.70. The van der Waals surface area contributed by atoms with Gasteiger partial charge in [0, 0.05) is 50.2 Å². The first-order chi connectivity index (χ1) is 12.9. The summed E-state index contributed by atoms with van der Waals surface area (Å²) in [6.07, 6.45) is 2.95. The van der Waals surface area contributed by atoms with Crippen LogP contribution in [0.5, 0.6) is 0 Å². The van der Waals surface area contributed by atoms with Crippen molar-refractivity contribution in [3.63, 3.8) is 0 Å². The van der Waals surface area contributed by atoms with Gasteiger partial charge >= 0.3 is 0 Å². The fourth-order valence-electron chi connectivity index (χ4n) is 3.42. The molecule has 2 aromatic heterocycles. The molecule has 1 atom stereocenters. The number of anilines is 1. The van der Waals surface area contributed by atoms with Crippen LogP contribution in [0, 0.1) is 27.7 Å². The second-order valence-corrected chi connectivity index (χ2v) is 7.25. The Morgan fingerprint density at radius 1 is 1.26 bits per heavy atom. The van der Waals surface area contributed by atoms with Gasteiger partial charge in [0.25, 0.3) is 5.91 Å². The number of hydrogen-bond acceptors (Lipinski definition) is 6. The Bertz CT molecular complexity index is 851. The smallest absolute Gasteiger partial charge is 0.288 e. The SMILES string of the molecule is CNC(=O)c1nc(C)c(C)c(N2CC[C@@H](NCc3ncc(C)cc3C)C2)n1. The van der Waals surface area contributed by atoms with Gasteiger partial charge in [-0.05, 0) is 45.2 Å². The zero-order chi connectivity index (χ0) is 19.6. The van der Waals surface area contributed by atoms with Gasteiger partial charge in [-0.3, -0.25) is 9.78 Å². The minimum Gasteiger partial charge on any atom is -0.355 e. The molecule has 1 amide bonds. The highest BCUT2D eigenvalue weighted by atomic mass is 16.2. The number of rotatable bonds is 5. The van der Waals surface area contributed by atoms with Crippen LogP contribution >= 0.6 is 0 Å². The predicted molar refractivity (Wildman–Crippen MR) is 106 cm³/mol. The Morgan fingerprint density at radius 2 is 2.04 bits per heavy atom. The average Bonchev–Trinajstić information content (AvgIpc) is 3.11. The first kappa shape index (κ1) is 19.2. The lowest BCUT2D eigenvalue weighted by Crippen LogP contribution is -2.33. The largest absolute Gasteiger partial charge is 0.355 e. The van der Waals surface area contributed by atoms with Gasteiger partial charge < -0.3 is 15.5 Å². The van der Waals surface area contributed by atoms with Gasteiger partial charge in [0.15, 0.2) is 0 Å². The maximum atomic E-state index is 11.9. The molecule has 0 unspecified atom stereocenters. The maximum Gasteiger partial charge on any atom is 0.288 e. The van der Waals surface area contributed by atoms with Gasteiger partial charge in [0.2, 0.25) is 5.82 Å². The highest BCUT2D eigenvalue weighted by Crippen LogP contribution is 2.24. The first-order valence-electron chi connectivity index (χ1n) is 9.36. The monoisotopic (exact) mass is 368 g/mol. The van der Waals surface area contributed by atoms with Crippen molar-refractivity contribution in [1.82, 2.24) is 25.6 Å². The lowest BCUT2D eigenvalue weighted by atomic mass is 10.1. The van der Waals surface area contributed by atoms with Gasteiger partial charge in [-0.25, -0.2) is 9.97 Å². The summed E-state index contributed by atoms with van der Waals surface area (Å²) >= 11 is 0. The number of carbonyl (C=O) groups excluding carboxylic acids is 1. The molecule has 0 radical (unpaired) electrons. The molecule has 2 aromatic rings. The summed E-state index contributed by atoms with van der Waals surface area (Å²) in [5.41, 5.74) is 5.36. The van der Waals surface area contributed by atoms with Crippen LogP contribution in [0.1, 0.15) is 45.1 Å². The number of nitrogens with one attached hydrogen (secondary N) is 2. The molecule has 2 N–H and O–H groups in total. The minimum atomic E-state index is -0.255. The van der Waals surface area contributed by atoms with Crippen LogP contribution in [0.3, 0.4) is 0 Å². The standard InChI is InChI=1S/C20H28N6O/c1-12-8-13(2)17(23-9-12)10-22-16-6-7-26(11-16)19-14(3)15(4)24-18(25-19)20(27)21-5/h8-9,16,22H,6-7,10-11H2,1-5H3,(H,21,27)/t16-/m1/s1. The predicted octanol–water partition coefficient (Wildman–Crippen LogP) is 1.83. The summed E-state index contributed by atoms with van der Waals surface area (Å²) in [4.78, 5) is 27.6. The Labute approximate surface area is 160 Å². The van der Waals surface area contributed by atoms with Crippen LogP contribution in [0.2, 0.25) is 0 Å². The molecule has 1 aliphatic rings. The van der Waals surface area contributed by atoms with E-state index in [1.807, 2.05) is 20.0 Å². The lowest BCUT2D eigenvalue weighted by molar-refractivity contribution is 0.0952. The van der Waals surface area contributed by atoms with Crippen LogP contribution in [-0.4, -0.2) is 47.0 Å². The van der Waals surface area contributed by atoms with Crippen LogP contribution in [-0.2, 0) is 6.54 Å². The van der Waals surface area contributed by atoms with Gasteiger partial charge in [-0.1, -0.05) is 6.07 Å². The fraction of sp³-hybridized carbons (Fsp3) is 0.500. The van der Waals surface area contributed by atoms with E-state index in [1.54, 1.807) is 7.05 Å². The number of aromatic nitrogens is 3. The quantitative estimate of drug-likeness (QED) is 0.838. The minimum absolute atomic E-state index is 0.228. The van der Waals surface area contributed by atoms with Crippen molar-refractivity contribution in [3.8, 4) is 0 Å². The molecule has 27 heavy (non-hydrogen) atoms. The van der Waals surface area contributed by atoms with Crippen molar-refractivity contribution >= 4 is 11.7 Å². The second kappa shape index (κ2) is 8.00. The number of nitrogens with zero attached hydrogens (tertiary/aromatic N) is 4. The number of carbonyl (C=O) groups is 1. The fourth-order valence-corrected chi connectivity index (χ4v) is 3.42. The third kappa shape index (κ3) is 4.24. The summed E-state index contributed by atoms with van der Waals surface area (Å²) in [7, 11) is 1.59. The molecule has 0 saturated carbocycles. The van der Waals surface area contributed by atoms with Crippen molar-refractivity contribution in [1.29, 1.82) is 0 Å². The van der Waals surface area contributed by atoms with Crippen molar-refractivity contribution < 1.29 is 4.79 Å². The van der Waals surface area contributed by atoms with E-state index in [0.717, 1.165) is 48.8 Å². The highest BCUT2D eigenvalue weighted by molar-refractivity contribution is 5.90. The van der Waals surface area contributed by atoms with Crippen LogP contribution < -0.4 is 15.5 Å². The third-order valence-corrected chi connectivity index (χ3v) is 5.16. The summed E-state index contributed by atoms with van der Waals surface area (Å²) in [5.74, 6) is 0.829. The van der Waals surface area contributed by atoms with E-state index in [2.05, 4.69) is 50.4 Å². The number of amides is 1. The molecule has 3 heterocycles. The zero-order valence-electron chi connectivity index (χ0n) is 16.8. The second-order valence-electron chi connectivity index (χ2n) is 7.25. The molecule has 0 aliphatic carbocycles. The average molecular weight is 368 g/mol. The maximum absolute atomic E-state index is 11.9. The van der Waals surface area contributed by atoms with Crippen molar-refractivity contribution in [2.75, 3.05) is 25.0 Å². The van der Waals surface area contributed by atoms with E-state index in [1.165, 1.54) is 11.1 Å². The molecule has 3 rings (SSSR count). The molecule has 1 saturated heterocycles. The molecular formula is C20H28N6O. The van der Waals surface area contributed by atoms with Crippen LogP contribution in [0.25, 0.3) is 0 Å². The summed E-state index contributed by atoms with van der Waals surface area (Å²) in [5, 5.41) is 6.21. The van der Waals surface area contributed by atoms with Crippen molar-refractivity contribution in [3.05, 3.63) is 46.2 Å². The highest BCUT2D eigenvalue weighted by Gasteiger charge is 2.26. The van der Waals surface area contributed by atoms with Crippen molar-refractivity contribution in [2.24, 2.45) is 0 Å². The summed E-state index contributed by atoms with van der Waals surface area (Å²) in [6, 6.07) is 2.53. The molecule has 7 heteroatoms. The summed E-state index contributed by atoms with van der Waals surface area (Å²) < 4.78 is 0. The Hall–Kier alpha value is -2.54. The lowest BCUT2D eigenvalue weighted by Gasteiger charge is -2.21. The zero-order valence-corrected chi connectivity index (χ0v) is 16.8. The Morgan fingerprint density at radius 3 is 2.74 bits per heavy atom. The molecule has 7 nitrogen and oxygen atoms in total. The van der Waals surface area contributed by atoms with Crippen molar-refractivity contribution in [2.45, 2.75) is 46.7 Å². The van der Waals surface area contributed by atoms with E-state index in [9.17, 15) is 4.79 Å². The number of hydrogen-bond donors (Lipinski definition) is 2. The normalized spacial score (nSPS) is 16.6. The topological polar surface area (TPSA) is 83.0 Å². The van der Waals surface area contributed by atoms with Crippen LogP contribution in [0.4, 0.5) is 5.82 Å². The van der Waals surface area contributed by atoms with Gasteiger partial charge in [-0.15, -0.1) is 0 Å². The molecule has 0 spiro atoms.